The lowest BCUT2D eigenvalue weighted by atomic mass is 10.1. The molecule has 0 radical (unpaired) electrons. The number of nitrogens with one attached hydrogen (secondary N) is 1. The van der Waals surface area contributed by atoms with Gasteiger partial charge in [-0.3, -0.25) is 4.79 Å². The summed E-state index contributed by atoms with van der Waals surface area (Å²) in [5.74, 6) is -0.115. The molecule has 0 spiro atoms. The molecular weight excluding hydrogens is 219 g/mol. The predicted octanol–water partition coefficient (Wildman–Crippen LogP) is 2.24. The van der Waals surface area contributed by atoms with Gasteiger partial charge in [-0.05, 0) is 44.7 Å². The van der Waals surface area contributed by atoms with Crippen molar-refractivity contribution < 1.29 is 9.18 Å². The van der Waals surface area contributed by atoms with Crippen LogP contribution in [0.25, 0.3) is 0 Å². The lowest BCUT2D eigenvalue weighted by Crippen LogP contribution is -2.34. The summed E-state index contributed by atoms with van der Waals surface area (Å²) >= 11 is 0. The van der Waals surface area contributed by atoms with Crippen LogP contribution in [0.2, 0.25) is 0 Å². The number of rotatable bonds is 3. The van der Waals surface area contributed by atoms with Crippen LogP contribution in [0.4, 0.5) is 10.1 Å². The van der Waals surface area contributed by atoms with E-state index >= 15 is 0 Å². The molecule has 0 bridgehead atoms. The van der Waals surface area contributed by atoms with Crippen LogP contribution in [-0.4, -0.2) is 11.9 Å². The maximum atomic E-state index is 13.4. The van der Waals surface area contributed by atoms with Crippen LogP contribution in [-0.2, 0) is 0 Å². The fraction of sp³-hybridized carbons (Fsp3) is 0.462. The van der Waals surface area contributed by atoms with Crippen molar-refractivity contribution in [2.45, 2.75) is 32.7 Å². The van der Waals surface area contributed by atoms with Crippen molar-refractivity contribution in [1.29, 1.82) is 0 Å². The van der Waals surface area contributed by atoms with Gasteiger partial charge in [-0.2, -0.15) is 0 Å². The molecule has 1 unspecified atom stereocenters. The second-order valence-electron chi connectivity index (χ2n) is 4.77. The molecule has 1 aromatic rings. The first-order valence-electron chi connectivity index (χ1n) is 5.85. The Hall–Kier alpha value is -1.58. The van der Waals surface area contributed by atoms with Gasteiger partial charge in [0.05, 0.1) is 0 Å². The smallest absolute Gasteiger partial charge is 0.251 e. The zero-order valence-corrected chi connectivity index (χ0v) is 10.1. The molecule has 1 saturated carbocycles. The third-order valence-corrected chi connectivity index (χ3v) is 3.33. The van der Waals surface area contributed by atoms with Crippen molar-refractivity contribution in [2.75, 3.05) is 5.73 Å². The molecular formula is C13H17FN2O. The van der Waals surface area contributed by atoms with Crippen molar-refractivity contribution in [1.82, 2.24) is 5.32 Å². The minimum Gasteiger partial charge on any atom is -0.398 e. The third kappa shape index (κ3) is 2.57. The van der Waals surface area contributed by atoms with Crippen LogP contribution in [0.15, 0.2) is 12.1 Å². The van der Waals surface area contributed by atoms with E-state index < -0.39 is 5.82 Å². The standard InChI is InChI=1S/C13H17FN2O/c1-7-11(14)5-10(6-12(7)15)13(17)16-8(2)9-3-4-9/h5-6,8-9H,3-4,15H2,1-2H3,(H,16,17). The highest BCUT2D eigenvalue weighted by molar-refractivity contribution is 5.95. The Balaban J connectivity index is 2.13. The van der Waals surface area contributed by atoms with Crippen LogP contribution in [0.1, 0.15) is 35.7 Å². The molecule has 1 fully saturated rings. The number of nitrogen functional groups attached to an aromatic ring is 1. The van der Waals surface area contributed by atoms with Crippen molar-refractivity contribution in [3.05, 3.63) is 29.1 Å². The van der Waals surface area contributed by atoms with Gasteiger partial charge in [0.2, 0.25) is 0 Å². The molecule has 0 heterocycles. The molecule has 17 heavy (non-hydrogen) atoms. The zero-order chi connectivity index (χ0) is 12.6. The van der Waals surface area contributed by atoms with Crippen LogP contribution >= 0.6 is 0 Å². The molecule has 1 amide bonds. The first-order valence-corrected chi connectivity index (χ1v) is 5.85. The molecule has 1 aromatic carbocycles. The summed E-state index contributed by atoms with van der Waals surface area (Å²) < 4.78 is 13.4. The molecule has 1 aliphatic rings. The average Bonchev–Trinajstić information content (AvgIpc) is 3.08. The molecule has 2 rings (SSSR count). The SMILES string of the molecule is Cc1c(N)cc(C(=O)NC(C)C2CC2)cc1F. The molecule has 4 heteroatoms. The van der Waals surface area contributed by atoms with E-state index in [1.807, 2.05) is 6.92 Å². The van der Waals surface area contributed by atoms with Crippen molar-refractivity contribution in [2.24, 2.45) is 5.92 Å². The van der Waals surface area contributed by atoms with E-state index in [1.165, 1.54) is 12.1 Å². The van der Waals surface area contributed by atoms with Gasteiger partial charge in [-0.15, -0.1) is 0 Å². The Morgan fingerprint density at radius 3 is 2.71 bits per heavy atom. The summed E-state index contributed by atoms with van der Waals surface area (Å²) in [7, 11) is 0. The zero-order valence-electron chi connectivity index (χ0n) is 10.1. The Morgan fingerprint density at radius 2 is 2.18 bits per heavy atom. The summed E-state index contributed by atoms with van der Waals surface area (Å²) in [4.78, 5) is 11.9. The maximum absolute atomic E-state index is 13.4. The maximum Gasteiger partial charge on any atom is 0.251 e. The lowest BCUT2D eigenvalue weighted by molar-refractivity contribution is 0.0935. The summed E-state index contributed by atoms with van der Waals surface area (Å²) in [6, 6.07) is 2.90. The highest BCUT2D eigenvalue weighted by atomic mass is 19.1. The van der Waals surface area contributed by atoms with E-state index in [-0.39, 0.29) is 17.5 Å². The van der Waals surface area contributed by atoms with Crippen LogP contribution in [0, 0.1) is 18.7 Å². The van der Waals surface area contributed by atoms with Gasteiger partial charge >= 0.3 is 0 Å². The molecule has 0 aromatic heterocycles. The monoisotopic (exact) mass is 236 g/mol. The third-order valence-electron chi connectivity index (χ3n) is 3.33. The van der Waals surface area contributed by atoms with Gasteiger partial charge in [-0.25, -0.2) is 4.39 Å². The molecule has 3 nitrogen and oxygen atoms in total. The molecule has 1 atom stereocenters. The highest BCUT2D eigenvalue weighted by Gasteiger charge is 2.29. The molecule has 1 aliphatic carbocycles. The first kappa shape index (κ1) is 11.9. The molecule has 0 saturated heterocycles. The number of amides is 1. The number of carbonyl (C=O) groups is 1. The number of carbonyl (C=O) groups excluding carboxylic acids is 1. The number of anilines is 1. The first-order chi connectivity index (χ1) is 7.99. The number of halogens is 1. The largest absolute Gasteiger partial charge is 0.398 e. The quantitative estimate of drug-likeness (QED) is 0.791. The topological polar surface area (TPSA) is 55.1 Å². The summed E-state index contributed by atoms with van der Waals surface area (Å²) in [5.41, 5.74) is 6.63. The van der Waals surface area contributed by atoms with Gasteiger partial charge < -0.3 is 11.1 Å². The second-order valence-corrected chi connectivity index (χ2v) is 4.77. The number of hydrogen-bond donors (Lipinski definition) is 2. The van der Waals surface area contributed by atoms with E-state index in [9.17, 15) is 9.18 Å². The number of nitrogens with two attached hydrogens (primary N) is 1. The van der Waals surface area contributed by atoms with Crippen molar-refractivity contribution >= 4 is 11.6 Å². The Bertz CT molecular complexity index is 432. The van der Waals surface area contributed by atoms with Gasteiger partial charge in [0, 0.05) is 22.9 Å². The van der Waals surface area contributed by atoms with Gasteiger partial charge in [-0.1, -0.05) is 0 Å². The Morgan fingerprint density at radius 1 is 1.53 bits per heavy atom. The highest BCUT2D eigenvalue weighted by Crippen LogP contribution is 2.32. The molecule has 0 aliphatic heterocycles. The normalized spacial score (nSPS) is 16.6. The lowest BCUT2D eigenvalue weighted by Gasteiger charge is -2.13. The van der Waals surface area contributed by atoms with Crippen molar-refractivity contribution in [3.8, 4) is 0 Å². The average molecular weight is 236 g/mol. The van der Waals surface area contributed by atoms with Crippen LogP contribution in [0.3, 0.4) is 0 Å². The number of hydrogen-bond acceptors (Lipinski definition) is 2. The summed E-state index contributed by atoms with van der Waals surface area (Å²) in [6.45, 7) is 3.57. The number of benzene rings is 1. The van der Waals surface area contributed by atoms with E-state index in [2.05, 4.69) is 5.32 Å². The second kappa shape index (κ2) is 4.35. The van der Waals surface area contributed by atoms with Gasteiger partial charge in [0.25, 0.3) is 5.91 Å². The van der Waals surface area contributed by atoms with Crippen LogP contribution in [0.5, 0.6) is 0 Å². The minimum atomic E-state index is -0.436. The van der Waals surface area contributed by atoms with E-state index in [0.29, 0.717) is 17.2 Å². The van der Waals surface area contributed by atoms with Crippen molar-refractivity contribution in [3.63, 3.8) is 0 Å². The minimum absolute atomic E-state index is 0.146. The summed E-state index contributed by atoms with van der Waals surface area (Å²) in [5, 5.41) is 2.87. The molecule has 92 valence electrons. The Kier molecular flexibility index (Phi) is 3.05. The summed E-state index contributed by atoms with van der Waals surface area (Å²) in [6.07, 6.45) is 2.32. The fourth-order valence-corrected chi connectivity index (χ4v) is 1.84. The molecule has 3 N–H and O–H groups in total. The van der Waals surface area contributed by atoms with Gasteiger partial charge in [0.15, 0.2) is 0 Å². The van der Waals surface area contributed by atoms with E-state index in [4.69, 9.17) is 5.73 Å². The predicted molar refractivity (Wildman–Crippen MR) is 65.2 cm³/mol. The van der Waals surface area contributed by atoms with Gasteiger partial charge in [0.1, 0.15) is 5.82 Å². The van der Waals surface area contributed by atoms with E-state index in [1.54, 1.807) is 6.92 Å². The van der Waals surface area contributed by atoms with Crippen LogP contribution < -0.4 is 11.1 Å². The fourth-order valence-electron chi connectivity index (χ4n) is 1.84. The van der Waals surface area contributed by atoms with E-state index in [0.717, 1.165) is 12.8 Å². The Labute approximate surface area is 100 Å².